The van der Waals surface area contributed by atoms with Crippen LogP contribution in [-0.2, 0) is 27.5 Å². The number of carbonyl (C=O) groups is 2. The van der Waals surface area contributed by atoms with Gasteiger partial charge < -0.3 is 14.8 Å². The summed E-state index contributed by atoms with van der Waals surface area (Å²) in [5, 5.41) is 5.97. The number of nitrogens with one attached hydrogen (secondary N) is 1. The van der Waals surface area contributed by atoms with E-state index < -0.39 is 18.1 Å². The molecule has 0 saturated carbocycles. The molecular formula is C32H34N2O4S2. The van der Waals surface area contributed by atoms with Crippen LogP contribution in [0.5, 0.6) is 0 Å². The van der Waals surface area contributed by atoms with Gasteiger partial charge in [-0.3, -0.25) is 0 Å². The standard InChI is InChI=1S/C32H34N2O4S2/c35-31(37-24-26-18-19-27-14-7-8-15-28(27)22-26)29(34-32(36)38-23-25-12-4-3-5-13-25)16-6-1-2-11-21-39-40-30-17-9-10-20-33-30/h3-5,7-10,12-15,17-20,22,29H,1-2,6,11,16,21,23-24H2,(H,34,36)/t29-/m0/s1. The van der Waals surface area contributed by atoms with Gasteiger partial charge in [-0.2, -0.15) is 0 Å². The Kier molecular flexibility index (Phi) is 12.2. The first-order chi connectivity index (χ1) is 19.7. The summed E-state index contributed by atoms with van der Waals surface area (Å²) in [5.74, 6) is 0.579. The predicted molar refractivity (Wildman–Crippen MR) is 163 cm³/mol. The van der Waals surface area contributed by atoms with Gasteiger partial charge in [0.05, 0.1) is 0 Å². The monoisotopic (exact) mass is 574 g/mol. The quantitative estimate of drug-likeness (QED) is 0.0876. The van der Waals surface area contributed by atoms with Crippen molar-refractivity contribution < 1.29 is 19.1 Å². The third kappa shape index (κ3) is 10.2. The molecule has 0 aliphatic rings. The highest BCUT2D eigenvalue weighted by Gasteiger charge is 2.23. The van der Waals surface area contributed by atoms with Gasteiger partial charge in [0.1, 0.15) is 24.3 Å². The van der Waals surface area contributed by atoms with E-state index in [-0.39, 0.29) is 13.2 Å². The smallest absolute Gasteiger partial charge is 0.408 e. The molecule has 1 heterocycles. The first-order valence-electron chi connectivity index (χ1n) is 13.5. The van der Waals surface area contributed by atoms with E-state index in [1.165, 1.54) is 0 Å². The summed E-state index contributed by atoms with van der Waals surface area (Å²) in [6.07, 6.45) is 5.56. The van der Waals surface area contributed by atoms with E-state index in [0.29, 0.717) is 6.42 Å². The van der Waals surface area contributed by atoms with Crippen LogP contribution in [0.1, 0.15) is 43.2 Å². The van der Waals surface area contributed by atoms with Gasteiger partial charge in [-0.25, -0.2) is 14.6 Å². The average molecular weight is 575 g/mol. The molecule has 0 bridgehead atoms. The van der Waals surface area contributed by atoms with E-state index in [2.05, 4.69) is 10.3 Å². The fourth-order valence-corrected chi connectivity index (χ4v) is 6.13. The molecule has 4 rings (SSSR count). The van der Waals surface area contributed by atoms with Gasteiger partial charge in [0.25, 0.3) is 0 Å². The van der Waals surface area contributed by atoms with Crippen molar-refractivity contribution >= 4 is 44.4 Å². The van der Waals surface area contributed by atoms with Gasteiger partial charge >= 0.3 is 12.1 Å². The summed E-state index contributed by atoms with van der Waals surface area (Å²) in [7, 11) is 3.49. The van der Waals surface area contributed by atoms with Crippen LogP contribution in [0.25, 0.3) is 10.8 Å². The number of benzene rings is 3. The zero-order valence-electron chi connectivity index (χ0n) is 22.4. The second-order valence-electron chi connectivity index (χ2n) is 9.32. The number of pyridine rings is 1. The topological polar surface area (TPSA) is 77.5 Å². The highest BCUT2D eigenvalue weighted by molar-refractivity contribution is 8.76. The molecule has 1 aromatic heterocycles. The fourth-order valence-electron chi connectivity index (χ4n) is 4.10. The van der Waals surface area contributed by atoms with Crippen molar-refractivity contribution in [2.45, 2.75) is 56.4 Å². The Morgan fingerprint density at radius 2 is 1.50 bits per heavy atom. The Morgan fingerprint density at radius 1 is 0.750 bits per heavy atom. The summed E-state index contributed by atoms with van der Waals surface area (Å²) in [5.41, 5.74) is 1.78. The number of ether oxygens (including phenoxy) is 2. The number of aromatic nitrogens is 1. The molecule has 6 nitrogen and oxygen atoms in total. The largest absolute Gasteiger partial charge is 0.459 e. The molecule has 0 unspecified atom stereocenters. The van der Waals surface area contributed by atoms with Crippen molar-refractivity contribution in [1.29, 1.82) is 0 Å². The van der Waals surface area contributed by atoms with Gasteiger partial charge in [-0.05, 0) is 63.7 Å². The molecule has 4 aromatic rings. The van der Waals surface area contributed by atoms with Crippen molar-refractivity contribution in [1.82, 2.24) is 10.3 Å². The number of alkyl carbamates (subject to hydrolysis) is 1. The highest BCUT2D eigenvalue weighted by Crippen LogP contribution is 2.29. The molecule has 40 heavy (non-hydrogen) atoms. The molecule has 0 saturated heterocycles. The van der Waals surface area contributed by atoms with E-state index in [0.717, 1.165) is 58.4 Å². The predicted octanol–water partition coefficient (Wildman–Crippen LogP) is 7.96. The van der Waals surface area contributed by atoms with Crippen LogP contribution in [0, 0.1) is 0 Å². The van der Waals surface area contributed by atoms with Crippen LogP contribution in [0.4, 0.5) is 4.79 Å². The molecule has 0 spiro atoms. The minimum atomic E-state index is -0.766. The molecular weight excluding hydrogens is 540 g/mol. The molecule has 0 aliphatic carbocycles. The normalized spacial score (nSPS) is 11.6. The number of fused-ring (bicyclic) bond motifs is 1. The zero-order chi connectivity index (χ0) is 27.8. The van der Waals surface area contributed by atoms with E-state index in [1.807, 2.05) is 91.0 Å². The van der Waals surface area contributed by atoms with E-state index in [9.17, 15) is 9.59 Å². The fraction of sp³-hybridized carbons (Fsp3) is 0.281. The minimum Gasteiger partial charge on any atom is -0.459 e. The maximum absolute atomic E-state index is 13.0. The number of hydrogen-bond acceptors (Lipinski definition) is 7. The first kappa shape index (κ1) is 29.5. The van der Waals surface area contributed by atoms with Gasteiger partial charge in [-0.15, -0.1) is 0 Å². The third-order valence-corrected chi connectivity index (χ3v) is 8.59. The SMILES string of the molecule is O=C(N[C@@H](CCCCCCSSc1ccccn1)C(=O)OCc1ccc2ccccc2c1)OCc1ccccc1. The minimum absolute atomic E-state index is 0.139. The number of amides is 1. The van der Waals surface area contributed by atoms with Crippen molar-refractivity contribution in [3.05, 3.63) is 108 Å². The van der Waals surface area contributed by atoms with Crippen molar-refractivity contribution in [3.63, 3.8) is 0 Å². The van der Waals surface area contributed by atoms with Gasteiger partial charge in [0.15, 0.2) is 0 Å². The Hall–Kier alpha value is -3.49. The number of unbranched alkanes of at least 4 members (excludes halogenated alkanes) is 3. The summed E-state index contributed by atoms with van der Waals surface area (Å²) in [4.78, 5) is 29.9. The Balaban J connectivity index is 1.23. The maximum Gasteiger partial charge on any atom is 0.408 e. The molecule has 3 aromatic carbocycles. The lowest BCUT2D eigenvalue weighted by atomic mass is 10.1. The van der Waals surface area contributed by atoms with Crippen LogP contribution in [0.3, 0.4) is 0 Å². The molecule has 208 valence electrons. The Labute approximate surface area is 243 Å². The van der Waals surface area contributed by atoms with Gasteiger partial charge in [-0.1, -0.05) is 103 Å². The number of esters is 1. The van der Waals surface area contributed by atoms with Crippen LogP contribution in [0.2, 0.25) is 0 Å². The van der Waals surface area contributed by atoms with Crippen molar-refractivity contribution in [3.8, 4) is 0 Å². The summed E-state index contributed by atoms with van der Waals surface area (Å²) >= 11 is 0. The van der Waals surface area contributed by atoms with Gasteiger partial charge in [0, 0.05) is 11.9 Å². The lowest BCUT2D eigenvalue weighted by molar-refractivity contribution is -0.147. The molecule has 8 heteroatoms. The summed E-state index contributed by atoms with van der Waals surface area (Å²) < 4.78 is 11.0. The number of hydrogen-bond donors (Lipinski definition) is 1. The average Bonchev–Trinajstić information content (AvgIpc) is 3.00. The van der Waals surface area contributed by atoms with E-state index >= 15 is 0 Å². The number of nitrogens with zero attached hydrogens (tertiary/aromatic N) is 1. The van der Waals surface area contributed by atoms with Gasteiger partial charge in [0.2, 0.25) is 0 Å². The van der Waals surface area contributed by atoms with Crippen molar-refractivity contribution in [2.75, 3.05) is 5.75 Å². The molecule has 0 fully saturated rings. The highest BCUT2D eigenvalue weighted by atomic mass is 33.1. The molecule has 1 N–H and O–H groups in total. The zero-order valence-corrected chi connectivity index (χ0v) is 24.0. The van der Waals surface area contributed by atoms with Crippen LogP contribution >= 0.6 is 21.6 Å². The summed E-state index contributed by atoms with van der Waals surface area (Å²) in [6.45, 7) is 0.284. The second-order valence-corrected chi connectivity index (χ2v) is 11.8. The van der Waals surface area contributed by atoms with Crippen molar-refractivity contribution in [2.24, 2.45) is 0 Å². The van der Waals surface area contributed by atoms with Crippen LogP contribution < -0.4 is 5.32 Å². The first-order valence-corrected chi connectivity index (χ1v) is 15.8. The Morgan fingerprint density at radius 3 is 2.33 bits per heavy atom. The van der Waals surface area contributed by atoms with Crippen LogP contribution in [-0.4, -0.2) is 28.8 Å². The second kappa shape index (κ2) is 16.6. The van der Waals surface area contributed by atoms with Crippen LogP contribution in [0.15, 0.2) is 102 Å². The number of rotatable bonds is 15. The molecule has 1 amide bonds. The molecule has 1 atom stereocenters. The molecule has 0 aliphatic heterocycles. The Bertz CT molecular complexity index is 1340. The van der Waals surface area contributed by atoms with E-state index in [1.54, 1.807) is 27.8 Å². The molecule has 0 radical (unpaired) electrons. The van der Waals surface area contributed by atoms with E-state index in [4.69, 9.17) is 9.47 Å². The lowest BCUT2D eigenvalue weighted by Gasteiger charge is -2.18. The lowest BCUT2D eigenvalue weighted by Crippen LogP contribution is -2.42. The number of carbonyl (C=O) groups excluding carboxylic acids is 2. The third-order valence-electron chi connectivity index (χ3n) is 6.24. The summed E-state index contributed by atoms with van der Waals surface area (Å²) in [6, 6.07) is 28.6. The maximum atomic E-state index is 13.0.